The summed E-state index contributed by atoms with van der Waals surface area (Å²) in [5, 5.41) is 0. The molecule has 0 radical (unpaired) electrons. The second-order valence-corrected chi connectivity index (χ2v) is 4.22. The van der Waals surface area contributed by atoms with E-state index < -0.39 is 17.5 Å². The largest absolute Gasteiger partial charge is 0.207 e. The zero-order valence-corrected chi connectivity index (χ0v) is 10.6. The van der Waals surface area contributed by atoms with Gasteiger partial charge in [0.1, 0.15) is 17.5 Å². The third kappa shape index (κ3) is 3.18. The van der Waals surface area contributed by atoms with Crippen molar-refractivity contribution in [2.24, 2.45) is 0 Å². The van der Waals surface area contributed by atoms with Gasteiger partial charge in [0.15, 0.2) is 0 Å². The summed E-state index contributed by atoms with van der Waals surface area (Å²) in [5.41, 5.74) is 0.866. The topological polar surface area (TPSA) is 0 Å². The Kier molecular flexibility index (Phi) is 4.27. The maximum atomic E-state index is 13.7. The summed E-state index contributed by atoms with van der Waals surface area (Å²) in [7, 11) is 0. The van der Waals surface area contributed by atoms with Crippen LogP contribution in [0.3, 0.4) is 0 Å². The Morgan fingerprint density at radius 1 is 1.00 bits per heavy atom. The molecule has 0 fully saturated rings. The lowest BCUT2D eigenvalue weighted by Crippen LogP contribution is -1.93. The fraction of sp³-hybridized carbons (Fsp3) is 0.0667. The minimum atomic E-state index is -0.719. The van der Waals surface area contributed by atoms with Gasteiger partial charge in [0, 0.05) is 23.1 Å². The molecule has 0 aliphatic carbocycles. The van der Waals surface area contributed by atoms with Crippen LogP contribution in [-0.4, -0.2) is 5.88 Å². The second kappa shape index (κ2) is 5.93. The van der Waals surface area contributed by atoms with Crippen molar-refractivity contribution < 1.29 is 13.2 Å². The van der Waals surface area contributed by atoms with E-state index >= 15 is 0 Å². The molecule has 0 aliphatic heterocycles. The van der Waals surface area contributed by atoms with E-state index in [1.807, 2.05) is 0 Å². The predicted octanol–water partition coefficient (Wildman–Crippen LogP) is 4.88. The highest BCUT2D eigenvalue weighted by atomic mass is 35.5. The average molecular weight is 283 g/mol. The van der Waals surface area contributed by atoms with Crippen LogP contribution in [0.5, 0.6) is 0 Å². The molecule has 19 heavy (non-hydrogen) atoms. The molecule has 0 heterocycles. The molecule has 2 aromatic rings. The summed E-state index contributed by atoms with van der Waals surface area (Å²) < 4.78 is 40.0. The van der Waals surface area contributed by atoms with E-state index in [2.05, 4.69) is 0 Å². The number of hydrogen-bond donors (Lipinski definition) is 0. The Bertz CT molecular complexity index is 621. The Balaban J connectivity index is 2.48. The first kappa shape index (κ1) is 13.7. The van der Waals surface area contributed by atoms with Gasteiger partial charge in [-0.2, -0.15) is 0 Å². The van der Waals surface area contributed by atoms with Crippen LogP contribution in [-0.2, 0) is 0 Å². The zero-order valence-electron chi connectivity index (χ0n) is 9.84. The van der Waals surface area contributed by atoms with E-state index in [9.17, 15) is 13.2 Å². The first-order chi connectivity index (χ1) is 9.11. The van der Waals surface area contributed by atoms with E-state index in [0.29, 0.717) is 11.1 Å². The van der Waals surface area contributed by atoms with Crippen LogP contribution in [0.25, 0.3) is 11.6 Å². The minimum absolute atomic E-state index is 0.00309. The van der Waals surface area contributed by atoms with Crippen LogP contribution in [0, 0.1) is 17.5 Å². The molecule has 0 atom stereocenters. The van der Waals surface area contributed by atoms with Crippen molar-refractivity contribution in [3.05, 3.63) is 71.0 Å². The van der Waals surface area contributed by atoms with Gasteiger partial charge < -0.3 is 0 Å². The van der Waals surface area contributed by atoms with Gasteiger partial charge in [-0.25, -0.2) is 13.2 Å². The van der Waals surface area contributed by atoms with Crippen molar-refractivity contribution in [3.8, 4) is 0 Å². The molecule has 0 aromatic heterocycles. The van der Waals surface area contributed by atoms with Crippen LogP contribution >= 0.6 is 11.6 Å². The predicted molar refractivity (Wildman–Crippen MR) is 71.3 cm³/mol. The molecular weight excluding hydrogens is 273 g/mol. The van der Waals surface area contributed by atoms with Crippen molar-refractivity contribution in [2.75, 3.05) is 5.88 Å². The van der Waals surface area contributed by atoms with Crippen molar-refractivity contribution in [1.29, 1.82) is 0 Å². The zero-order chi connectivity index (χ0) is 13.8. The monoisotopic (exact) mass is 282 g/mol. The Labute approximate surface area is 114 Å². The molecule has 4 heteroatoms. The van der Waals surface area contributed by atoms with Crippen molar-refractivity contribution in [2.45, 2.75) is 0 Å². The van der Waals surface area contributed by atoms with Gasteiger partial charge in [0.2, 0.25) is 0 Å². The van der Waals surface area contributed by atoms with Gasteiger partial charge in [-0.15, -0.1) is 11.6 Å². The van der Waals surface area contributed by atoms with Crippen LogP contribution in [0.4, 0.5) is 13.2 Å². The summed E-state index contributed by atoms with van der Waals surface area (Å²) in [6, 6.07) is 9.30. The number of hydrogen-bond acceptors (Lipinski definition) is 0. The minimum Gasteiger partial charge on any atom is -0.207 e. The van der Waals surface area contributed by atoms with Crippen LogP contribution in [0.1, 0.15) is 11.1 Å². The van der Waals surface area contributed by atoms with E-state index in [1.54, 1.807) is 18.2 Å². The van der Waals surface area contributed by atoms with Gasteiger partial charge in [0.25, 0.3) is 0 Å². The van der Waals surface area contributed by atoms with Gasteiger partial charge in [-0.1, -0.05) is 18.2 Å². The molecule has 0 saturated carbocycles. The average Bonchev–Trinajstić information content (AvgIpc) is 2.39. The standard InChI is InChI=1S/C15H10ClF3/c16-9-11(7-10-3-1-2-4-14(10)18)13-6-5-12(17)8-15(13)19/h1-8H,9H2. The van der Waals surface area contributed by atoms with Gasteiger partial charge in [0.05, 0.1) is 0 Å². The lowest BCUT2D eigenvalue weighted by atomic mass is 10.0. The van der Waals surface area contributed by atoms with Crippen molar-refractivity contribution >= 4 is 23.3 Å². The SMILES string of the molecule is Fc1ccc(C(=Cc2ccccc2F)CCl)c(F)c1. The number of benzene rings is 2. The fourth-order valence-corrected chi connectivity index (χ4v) is 1.94. The van der Waals surface area contributed by atoms with Gasteiger partial charge in [-0.05, 0) is 29.8 Å². The summed E-state index contributed by atoms with van der Waals surface area (Å²) >= 11 is 5.76. The third-order valence-electron chi connectivity index (χ3n) is 2.66. The molecule has 0 aliphatic rings. The van der Waals surface area contributed by atoms with E-state index in [1.165, 1.54) is 18.2 Å². The molecule has 0 nitrogen and oxygen atoms in total. The molecule has 0 N–H and O–H groups in total. The quantitative estimate of drug-likeness (QED) is 0.556. The molecule has 98 valence electrons. The van der Waals surface area contributed by atoms with Crippen molar-refractivity contribution in [1.82, 2.24) is 0 Å². The van der Waals surface area contributed by atoms with Crippen LogP contribution in [0.2, 0.25) is 0 Å². The van der Waals surface area contributed by atoms with Crippen LogP contribution in [0.15, 0.2) is 42.5 Å². The molecule has 0 unspecified atom stereocenters. The summed E-state index contributed by atoms with van der Waals surface area (Å²) in [6.07, 6.45) is 1.46. The van der Waals surface area contributed by atoms with E-state index in [4.69, 9.17) is 11.6 Å². The van der Waals surface area contributed by atoms with E-state index in [0.717, 1.165) is 12.1 Å². The van der Waals surface area contributed by atoms with E-state index in [-0.39, 0.29) is 11.4 Å². The molecule has 0 saturated heterocycles. The summed E-state index contributed by atoms with van der Waals surface area (Å²) in [5.74, 6) is -1.81. The van der Waals surface area contributed by atoms with Crippen LogP contribution < -0.4 is 0 Å². The summed E-state index contributed by atoms with van der Waals surface area (Å²) in [4.78, 5) is 0. The number of rotatable bonds is 3. The second-order valence-electron chi connectivity index (χ2n) is 3.95. The highest BCUT2D eigenvalue weighted by Gasteiger charge is 2.09. The highest BCUT2D eigenvalue weighted by Crippen LogP contribution is 2.24. The lowest BCUT2D eigenvalue weighted by molar-refractivity contribution is 0.581. The molecule has 2 rings (SSSR count). The number of allylic oxidation sites excluding steroid dienone is 1. The normalized spacial score (nSPS) is 11.7. The fourth-order valence-electron chi connectivity index (χ4n) is 1.72. The Morgan fingerprint density at radius 2 is 1.74 bits per heavy atom. The molecule has 2 aromatic carbocycles. The lowest BCUT2D eigenvalue weighted by Gasteiger charge is -2.06. The molecule has 0 bridgehead atoms. The van der Waals surface area contributed by atoms with Gasteiger partial charge in [-0.3, -0.25) is 0 Å². The third-order valence-corrected chi connectivity index (χ3v) is 2.94. The van der Waals surface area contributed by atoms with Crippen molar-refractivity contribution in [3.63, 3.8) is 0 Å². The Hall–Kier alpha value is -1.74. The number of halogens is 4. The smallest absolute Gasteiger partial charge is 0.133 e. The molecule has 0 amide bonds. The van der Waals surface area contributed by atoms with Gasteiger partial charge >= 0.3 is 0 Å². The summed E-state index contributed by atoms with van der Waals surface area (Å²) in [6.45, 7) is 0. The first-order valence-electron chi connectivity index (χ1n) is 5.58. The maximum absolute atomic E-state index is 13.7. The first-order valence-corrected chi connectivity index (χ1v) is 6.12. The molecule has 0 spiro atoms. The molecular formula is C15H10ClF3. The number of alkyl halides is 1. The maximum Gasteiger partial charge on any atom is 0.133 e. The Morgan fingerprint density at radius 3 is 2.37 bits per heavy atom. The highest BCUT2D eigenvalue weighted by molar-refractivity contribution is 6.24.